The van der Waals surface area contributed by atoms with Crippen molar-refractivity contribution >= 4 is 11.7 Å². The molecule has 0 aromatic carbocycles. The molecule has 2 aromatic rings. The fraction of sp³-hybridized carbons (Fsp3) is 0.111. The predicted molar refractivity (Wildman–Crippen MR) is 50.6 cm³/mol. The minimum atomic E-state index is -1.09. The lowest BCUT2D eigenvalue weighted by Gasteiger charge is -2.12. The lowest BCUT2D eigenvalue weighted by atomic mass is 10.1. The van der Waals surface area contributed by atoms with Gasteiger partial charge in [0.2, 0.25) is 11.5 Å². The molecule has 0 aliphatic carbocycles. The number of hydrogen-bond donors (Lipinski definition) is 3. The predicted octanol–water partition coefficient (Wildman–Crippen LogP) is 1.29. The summed E-state index contributed by atoms with van der Waals surface area (Å²) in [4.78, 5) is 13.8. The van der Waals surface area contributed by atoms with Crippen LogP contribution in [0.2, 0.25) is 0 Å². The first-order valence-corrected chi connectivity index (χ1v) is 4.41. The van der Waals surface area contributed by atoms with Gasteiger partial charge >= 0.3 is 5.97 Å². The first kappa shape index (κ1) is 8.10. The van der Waals surface area contributed by atoms with Crippen molar-refractivity contribution in [2.45, 2.75) is 6.54 Å². The summed E-state index contributed by atoms with van der Waals surface area (Å²) in [6.07, 6.45) is 1.78. The molecule has 0 amide bonds. The number of carboxylic acid groups (broad SMARTS) is 1. The summed E-state index contributed by atoms with van der Waals surface area (Å²) in [7, 11) is 0. The summed E-state index contributed by atoms with van der Waals surface area (Å²) >= 11 is 0. The molecule has 0 spiro atoms. The van der Waals surface area contributed by atoms with Gasteiger partial charge in [-0.05, 0) is 6.07 Å². The van der Waals surface area contributed by atoms with Crippen LogP contribution in [0.4, 0.5) is 5.69 Å². The lowest BCUT2D eigenvalue weighted by Crippen LogP contribution is -2.09. The topological polar surface area (TPSA) is 91.2 Å². The monoisotopic (exact) mass is 205 g/mol. The van der Waals surface area contributed by atoms with Gasteiger partial charge in [-0.25, -0.2) is 4.79 Å². The van der Waals surface area contributed by atoms with Crippen LogP contribution in [0.5, 0.6) is 0 Å². The number of nitrogens with zero attached hydrogens (tertiary/aromatic N) is 1. The number of anilines is 1. The number of aromatic carboxylic acids is 1. The summed E-state index contributed by atoms with van der Waals surface area (Å²) in [6, 6.07) is 1.91. The van der Waals surface area contributed by atoms with Crippen molar-refractivity contribution in [3.05, 3.63) is 23.5 Å². The molecule has 76 valence electrons. The van der Waals surface area contributed by atoms with Crippen LogP contribution in [0.15, 0.2) is 16.8 Å². The highest BCUT2D eigenvalue weighted by Gasteiger charge is 2.27. The number of carboxylic acids is 1. The van der Waals surface area contributed by atoms with Crippen molar-refractivity contribution in [2.24, 2.45) is 0 Å². The molecule has 3 rings (SSSR count). The summed E-state index contributed by atoms with van der Waals surface area (Å²) in [5.41, 5.74) is 2.20. The SMILES string of the molecule is O=C(O)c1noc2c1NCc1cc[nH]c1-2. The van der Waals surface area contributed by atoms with Gasteiger partial charge in [-0.15, -0.1) is 0 Å². The largest absolute Gasteiger partial charge is 0.476 e. The fourth-order valence-corrected chi connectivity index (χ4v) is 1.71. The Morgan fingerprint density at radius 3 is 3.27 bits per heavy atom. The number of fused-ring (bicyclic) bond motifs is 3. The van der Waals surface area contributed by atoms with Gasteiger partial charge in [0, 0.05) is 18.3 Å². The minimum Gasteiger partial charge on any atom is -0.476 e. The van der Waals surface area contributed by atoms with Crippen LogP contribution >= 0.6 is 0 Å². The number of aromatic nitrogens is 2. The number of nitrogens with one attached hydrogen (secondary N) is 2. The first-order valence-electron chi connectivity index (χ1n) is 4.41. The van der Waals surface area contributed by atoms with E-state index in [-0.39, 0.29) is 5.69 Å². The van der Waals surface area contributed by atoms with Crippen LogP contribution in [-0.4, -0.2) is 21.2 Å². The Hall–Kier alpha value is -2.24. The number of rotatable bonds is 1. The zero-order valence-corrected chi connectivity index (χ0v) is 7.57. The van der Waals surface area contributed by atoms with Crippen molar-refractivity contribution in [3.63, 3.8) is 0 Å². The lowest BCUT2D eigenvalue weighted by molar-refractivity contribution is 0.0687. The van der Waals surface area contributed by atoms with E-state index in [2.05, 4.69) is 15.5 Å². The Morgan fingerprint density at radius 2 is 2.47 bits per heavy atom. The van der Waals surface area contributed by atoms with E-state index in [1.807, 2.05) is 6.07 Å². The van der Waals surface area contributed by atoms with Gasteiger partial charge in [-0.1, -0.05) is 5.16 Å². The standard InChI is InChI=1S/C9H7N3O3/c13-9(14)7-6-8(15-12-7)5-4(3-11-6)1-2-10-5/h1-2,10-11H,3H2,(H,13,14). The normalized spacial score (nSPS) is 12.8. The second-order valence-corrected chi connectivity index (χ2v) is 3.27. The molecule has 1 aliphatic heterocycles. The van der Waals surface area contributed by atoms with Crippen molar-refractivity contribution in [1.82, 2.24) is 10.1 Å². The van der Waals surface area contributed by atoms with E-state index in [9.17, 15) is 4.79 Å². The van der Waals surface area contributed by atoms with E-state index >= 15 is 0 Å². The smallest absolute Gasteiger partial charge is 0.360 e. The number of aromatic amines is 1. The average Bonchev–Trinajstić information content (AvgIpc) is 2.82. The Bertz CT molecular complexity index is 541. The molecule has 3 heterocycles. The molecule has 0 saturated carbocycles. The van der Waals surface area contributed by atoms with Crippen molar-refractivity contribution in [3.8, 4) is 11.5 Å². The highest BCUT2D eigenvalue weighted by molar-refractivity contribution is 5.96. The zero-order valence-electron chi connectivity index (χ0n) is 7.57. The first-order chi connectivity index (χ1) is 7.27. The van der Waals surface area contributed by atoms with E-state index in [0.717, 1.165) is 11.3 Å². The maximum Gasteiger partial charge on any atom is 0.360 e. The van der Waals surface area contributed by atoms with E-state index in [4.69, 9.17) is 9.63 Å². The summed E-state index contributed by atoms with van der Waals surface area (Å²) in [5, 5.41) is 15.4. The molecule has 6 heteroatoms. The molecule has 0 atom stereocenters. The van der Waals surface area contributed by atoms with Crippen molar-refractivity contribution in [2.75, 3.05) is 5.32 Å². The molecule has 1 aliphatic rings. The van der Waals surface area contributed by atoms with Gasteiger partial charge < -0.3 is 19.9 Å². The summed E-state index contributed by atoms with van der Waals surface area (Å²) in [5.74, 6) is -0.638. The summed E-state index contributed by atoms with van der Waals surface area (Å²) < 4.78 is 5.01. The molecule has 0 saturated heterocycles. The molecular weight excluding hydrogens is 198 g/mol. The molecule has 0 fully saturated rings. The minimum absolute atomic E-state index is 0.0785. The van der Waals surface area contributed by atoms with Crippen LogP contribution < -0.4 is 5.32 Å². The number of H-pyrrole nitrogens is 1. The van der Waals surface area contributed by atoms with E-state index in [1.165, 1.54) is 0 Å². The van der Waals surface area contributed by atoms with E-state index in [1.54, 1.807) is 6.20 Å². The van der Waals surface area contributed by atoms with Gasteiger partial charge in [0.05, 0.1) is 5.69 Å². The fourth-order valence-electron chi connectivity index (χ4n) is 1.71. The summed E-state index contributed by atoms with van der Waals surface area (Å²) in [6.45, 7) is 0.577. The van der Waals surface area contributed by atoms with E-state index in [0.29, 0.717) is 18.0 Å². The average molecular weight is 205 g/mol. The highest BCUT2D eigenvalue weighted by Crippen LogP contribution is 2.36. The van der Waals surface area contributed by atoms with Gasteiger partial charge in [-0.2, -0.15) is 0 Å². The van der Waals surface area contributed by atoms with Crippen LogP contribution in [0.3, 0.4) is 0 Å². The molecular formula is C9H7N3O3. The van der Waals surface area contributed by atoms with Gasteiger partial charge in [0.15, 0.2) is 0 Å². The van der Waals surface area contributed by atoms with Crippen molar-refractivity contribution in [1.29, 1.82) is 0 Å². The molecule has 6 nitrogen and oxygen atoms in total. The second kappa shape index (κ2) is 2.63. The van der Waals surface area contributed by atoms with Gasteiger partial charge in [0.1, 0.15) is 5.69 Å². The van der Waals surface area contributed by atoms with Crippen LogP contribution in [-0.2, 0) is 6.54 Å². The van der Waals surface area contributed by atoms with Gasteiger partial charge in [0.25, 0.3) is 0 Å². The third-order valence-corrected chi connectivity index (χ3v) is 2.41. The van der Waals surface area contributed by atoms with Crippen molar-refractivity contribution < 1.29 is 14.4 Å². The van der Waals surface area contributed by atoms with Gasteiger partial charge in [-0.3, -0.25) is 0 Å². The molecule has 3 N–H and O–H groups in total. The van der Waals surface area contributed by atoms with Crippen LogP contribution in [0.1, 0.15) is 16.1 Å². The third kappa shape index (κ3) is 0.983. The maximum atomic E-state index is 10.8. The Kier molecular flexibility index (Phi) is 1.42. The molecule has 0 bridgehead atoms. The third-order valence-electron chi connectivity index (χ3n) is 2.41. The maximum absolute atomic E-state index is 10.8. The zero-order chi connectivity index (χ0) is 10.4. The van der Waals surface area contributed by atoms with Crippen LogP contribution in [0, 0.1) is 0 Å². The van der Waals surface area contributed by atoms with Crippen LogP contribution in [0.25, 0.3) is 11.5 Å². The Labute approximate surface area is 83.9 Å². The molecule has 0 unspecified atom stereocenters. The number of hydrogen-bond acceptors (Lipinski definition) is 4. The quantitative estimate of drug-likeness (QED) is 0.652. The molecule has 15 heavy (non-hydrogen) atoms. The highest BCUT2D eigenvalue weighted by atomic mass is 16.5. The second-order valence-electron chi connectivity index (χ2n) is 3.27. The molecule has 2 aromatic heterocycles. The Balaban J connectivity index is 2.23. The Morgan fingerprint density at radius 1 is 1.60 bits per heavy atom. The number of carbonyl (C=O) groups is 1. The van der Waals surface area contributed by atoms with E-state index < -0.39 is 5.97 Å². The molecule has 0 radical (unpaired) electrons.